The molecule has 2 aromatic rings. The van der Waals surface area contributed by atoms with E-state index in [9.17, 15) is 14.9 Å². The van der Waals surface area contributed by atoms with Crippen molar-refractivity contribution in [2.75, 3.05) is 13.7 Å². The van der Waals surface area contributed by atoms with E-state index in [0.29, 0.717) is 23.7 Å². The van der Waals surface area contributed by atoms with Gasteiger partial charge in [-0.3, -0.25) is 14.9 Å². The quantitative estimate of drug-likeness (QED) is 0.473. The van der Waals surface area contributed by atoms with Crippen molar-refractivity contribution in [2.24, 2.45) is 5.10 Å². The number of benzene rings is 2. The third-order valence-electron chi connectivity index (χ3n) is 3.19. The SMILES string of the molecule is CCOc1cc(/C=N\NC(=O)c2cccc([N+](=O)[O-])c2)ccc1OC. The molecule has 2 aromatic carbocycles. The van der Waals surface area contributed by atoms with E-state index >= 15 is 0 Å². The van der Waals surface area contributed by atoms with Crippen LogP contribution in [0.3, 0.4) is 0 Å². The average molecular weight is 343 g/mol. The molecule has 8 nitrogen and oxygen atoms in total. The highest BCUT2D eigenvalue weighted by Gasteiger charge is 2.10. The van der Waals surface area contributed by atoms with Gasteiger partial charge in [-0.1, -0.05) is 6.07 Å². The van der Waals surface area contributed by atoms with E-state index in [2.05, 4.69) is 10.5 Å². The molecular formula is C17H17N3O5. The van der Waals surface area contributed by atoms with Crippen LogP contribution in [0.15, 0.2) is 47.6 Å². The van der Waals surface area contributed by atoms with Crippen LogP contribution in [0.5, 0.6) is 11.5 Å². The number of rotatable bonds is 7. The van der Waals surface area contributed by atoms with Crippen LogP contribution in [0, 0.1) is 10.1 Å². The van der Waals surface area contributed by atoms with E-state index in [1.807, 2.05) is 6.92 Å². The van der Waals surface area contributed by atoms with E-state index < -0.39 is 10.8 Å². The molecule has 0 bridgehead atoms. The maximum atomic E-state index is 12.0. The summed E-state index contributed by atoms with van der Waals surface area (Å²) in [6, 6.07) is 10.6. The topological polar surface area (TPSA) is 103 Å². The summed E-state index contributed by atoms with van der Waals surface area (Å²) in [5.41, 5.74) is 3.02. The second-order valence-corrected chi connectivity index (χ2v) is 4.85. The molecule has 0 saturated heterocycles. The number of nitrogens with zero attached hydrogens (tertiary/aromatic N) is 2. The van der Waals surface area contributed by atoms with Gasteiger partial charge in [0.05, 0.1) is 24.9 Å². The van der Waals surface area contributed by atoms with Crippen LogP contribution in [-0.4, -0.2) is 30.8 Å². The minimum atomic E-state index is -0.563. The molecule has 25 heavy (non-hydrogen) atoms. The predicted molar refractivity (Wildman–Crippen MR) is 92.3 cm³/mol. The summed E-state index contributed by atoms with van der Waals surface area (Å²) in [6.45, 7) is 2.35. The van der Waals surface area contributed by atoms with Crippen molar-refractivity contribution in [1.29, 1.82) is 0 Å². The molecule has 0 heterocycles. The van der Waals surface area contributed by atoms with E-state index in [-0.39, 0.29) is 11.3 Å². The Morgan fingerprint density at radius 3 is 2.76 bits per heavy atom. The summed E-state index contributed by atoms with van der Waals surface area (Å²) >= 11 is 0. The third-order valence-corrected chi connectivity index (χ3v) is 3.19. The molecule has 0 aliphatic heterocycles. The lowest BCUT2D eigenvalue weighted by molar-refractivity contribution is -0.384. The molecule has 8 heteroatoms. The van der Waals surface area contributed by atoms with Crippen LogP contribution < -0.4 is 14.9 Å². The van der Waals surface area contributed by atoms with Gasteiger partial charge in [-0.05, 0) is 36.8 Å². The third kappa shape index (κ3) is 4.77. The van der Waals surface area contributed by atoms with E-state index in [0.717, 1.165) is 0 Å². The minimum Gasteiger partial charge on any atom is -0.493 e. The van der Waals surface area contributed by atoms with Crippen LogP contribution in [0.25, 0.3) is 0 Å². The van der Waals surface area contributed by atoms with Crippen LogP contribution in [0.2, 0.25) is 0 Å². The molecule has 130 valence electrons. The minimum absolute atomic E-state index is 0.149. The summed E-state index contributed by atoms with van der Waals surface area (Å²) in [7, 11) is 1.55. The summed E-state index contributed by atoms with van der Waals surface area (Å²) < 4.78 is 10.7. The maximum absolute atomic E-state index is 12.0. The van der Waals surface area contributed by atoms with E-state index in [4.69, 9.17) is 9.47 Å². The lowest BCUT2D eigenvalue weighted by atomic mass is 10.2. The van der Waals surface area contributed by atoms with Gasteiger partial charge in [-0.25, -0.2) is 5.43 Å². The fourth-order valence-electron chi connectivity index (χ4n) is 2.03. The van der Waals surface area contributed by atoms with Crippen LogP contribution >= 0.6 is 0 Å². The number of non-ortho nitro benzene ring substituents is 1. The zero-order valence-corrected chi connectivity index (χ0v) is 13.8. The number of carbonyl (C=O) groups is 1. The van der Waals surface area contributed by atoms with Gasteiger partial charge in [0, 0.05) is 17.7 Å². The molecule has 0 aliphatic rings. The lowest BCUT2D eigenvalue weighted by Gasteiger charge is -2.09. The van der Waals surface area contributed by atoms with Crippen LogP contribution in [0.1, 0.15) is 22.8 Å². The van der Waals surface area contributed by atoms with Gasteiger partial charge in [-0.2, -0.15) is 5.10 Å². The molecule has 1 N–H and O–H groups in total. The number of ether oxygens (including phenoxy) is 2. The largest absolute Gasteiger partial charge is 0.493 e. The number of hydrazone groups is 1. The number of nitro groups is 1. The number of carbonyl (C=O) groups excluding carboxylic acids is 1. The zero-order chi connectivity index (χ0) is 18.2. The Hall–Kier alpha value is -3.42. The average Bonchev–Trinajstić information content (AvgIpc) is 2.62. The maximum Gasteiger partial charge on any atom is 0.271 e. The van der Waals surface area contributed by atoms with Gasteiger partial charge in [0.25, 0.3) is 11.6 Å². The first-order valence-electron chi connectivity index (χ1n) is 7.44. The van der Waals surface area contributed by atoms with Crippen LogP contribution in [-0.2, 0) is 0 Å². The fraction of sp³-hybridized carbons (Fsp3) is 0.176. The summed E-state index contributed by atoms with van der Waals surface area (Å²) in [5.74, 6) is 0.622. The standard InChI is InChI=1S/C17H17N3O5/c1-3-25-16-9-12(7-8-15(16)24-2)11-18-19-17(21)13-5-4-6-14(10-13)20(22)23/h4-11H,3H2,1-2H3,(H,19,21)/b18-11-. The molecule has 0 aliphatic carbocycles. The Morgan fingerprint density at radius 1 is 1.28 bits per heavy atom. The monoisotopic (exact) mass is 343 g/mol. The molecule has 1 amide bonds. The molecule has 0 radical (unpaired) electrons. The second-order valence-electron chi connectivity index (χ2n) is 4.85. The Balaban J connectivity index is 2.07. The van der Waals surface area contributed by atoms with Gasteiger partial charge in [0.1, 0.15) is 0 Å². The first-order chi connectivity index (χ1) is 12.0. The molecule has 0 unspecified atom stereocenters. The van der Waals surface area contributed by atoms with Gasteiger partial charge >= 0.3 is 0 Å². The van der Waals surface area contributed by atoms with Crippen LogP contribution in [0.4, 0.5) is 5.69 Å². The first-order valence-corrected chi connectivity index (χ1v) is 7.44. The number of hydrogen-bond donors (Lipinski definition) is 1. The smallest absolute Gasteiger partial charge is 0.271 e. The van der Waals surface area contributed by atoms with Gasteiger partial charge in [0.2, 0.25) is 0 Å². The summed E-state index contributed by atoms with van der Waals surface area (Å²) in [4.78, 5) is 22.2. The van der Waals surface area contributed by atoms with Crippen molar-refractivity contribution >= 4 is 17.8 Å². The van der Waals surface area contributed by atoms with Gasteiger partial charge in [-0.15, -0.1) is 0 Å². The fourth-order valence-corrected chi connectivity index (χ4v) is 2.03. The second kappa shape index (κ2) is 8.44. The number of methoxy groups -OCH3 is 1. The molecule has 0 aromatic heterocycles. The molecular weight excluding hydrogens is 326 g/mol. The number of amides is 1. The molecule has 0 spiro atoms. The van der Waals surface area contributed by atoms with Gasteiger partial charge < -0.3 is 9.47 Å². The highest BCUT2D eigenvalue weighted by molar-refractivity contribution is 5.95. The van der Waals surface area contributed by atoms with Gasteiger partial charge in [0.15, 0.2) is 11.5 Å². The Morgan fingerprint density at radius 2 is 2.08 bits per heavy atom. The molecule has 0 fully saturated rings. The lowest BCUT2D eigenvalue weighted by Crippen LogP contribution is -2.17. The van der Waals surface area contributed by atoms with E-state index in [1.54, 1.807) is 25.3 Å². The number of nitrogens with one attached hydrogen (secondary N) is 1. The molecule has 2 rings (SSSR count). The van der Waals surface area contributed by atoms with Crippen molar-refractivity contribution in [3.8, 4) is 11.5 Å². The number of hydrogen-bond acceptors (Lipinski definition) is 6. The van der Waals surface area contributed by atoms with Crippen molar-refractivity contribution in [2.45, 2.75) is 6.92 Å². The summed E-state index contributed by atoms with van der Waals surface area (Å²) in [6.07, 6.45) is 1.44. The Kier molecular flexibility index (Phi) is 6.05. The highest BCUT2D eigenvalue weighted by atomic mass is 16.6. The van der Waals surface area contributed by atoms with E-state index in [1.165, 1.54) is 30.5 Å². The Bertz CT molecular complexity index is 805. The molecule has 0 atom stereocenters. The first kappa shape index (κ1) is 17.9. The van der Waals surface area contributed by atoms with Crippen molar-refractivity contribution in [1.82, 2.24) is 5.43 Å². The highest BCUT2D eigenvalue weighted by Crippen LogP contribution is 2.27. The van der Waals surface area contributed by atoms with Crippen molar-refractivity contribution in [3.63, 3.8) is 0 Å². The zero-order valence-electron chi connectivity index (χ0n) is 13.8. The van der Waals surface area contributed by atoms with Crippen molar-refractivity contribution < 1.29 is 19.2 Å². The number of nitro benzene ring substituents is 1. The normalized spacial score (nSPS) is 10.5. The Labute approximate surface area is 144 Å². The summed E-state index contributed by atoms with van der Waals surface area (Å²) in [5, 5.41) is 14.6. The van der Waals surface area contributed by atoms with Crippen molar-refractivity contribution in [3.05, 3.63) is 63.7 Å². The molecule has 0 saturated carbocycles. The predicted octanol–water partition coefficient (Wildman–Crippen LogP) is 2.77.